The molecule has 0 saturated heterocycles. The van der Waals surface area contributed by atoms with E-state index in [1.165, 1.54) is 63.1 Å². The maximum atomic E-state index is 13.5. The topological polar surface area (TPSA) is 0 Å². The van der Waals surface area contributed by atoms with E-state index in [-0.39, 0.29) is 9.52 Å². The minimum atomic E-state index is -0.727. The van der Waals surface area contributed by atoms with Gasteiger partial charge in [-0.2, -0.15) is 0 Å². The van der Waals surface area contributed by atoms with Crippen LogP contribution in [-0.2, 0) is 0 Å². The second kappa shape index (κ2) is 8.33. The average molecular weight is 365 g/mol. The lowest BCUT2D eigenvalue weighted by molar-refractivity contribution is 0.0585. The lowest BCUT2D eigenvalue weighted by Crippen LogP contribution is -2.36. The van der Waals surface area contributed by atoms with Crippen LogP contribution in [0.5, 0.6) is 0 Å². The van der Waals surface area contributed by atoms with Crippen LogP contribution < -0.4 is 0 Å². The van der Waals surface area contributed by atoms with Gasteiger partial charge in [0.05, 0.1) is 0 Å². The van der Waals surface area contributed by atoms with E-state index in [9.17, 15) is 8.78 Å². The molecule has 0 N–H and O–H groups in total. The molecular formula is C22H34F2Si. The van der Waals surface area contributed by atoms with E-state index in [1.807, 2.05) is 0 Å². The molecule has 0 aromatic heterocycles. The molecule has 2 aliphatic carbocycles. The summed E-state index contributed by atoms with van der Waals surface area (Å²) in [6, 6.07) is 5.97. The zero-order valence-corrected chi connectivity index (χ0v) is 17.4. The van der Waals surface area contributed by atoms with Crippen molar-refractivity contribution in [1.82, 2.24) is 0 Å². The van der Waals surface area contributed by atoms with Crippen molar-refractivity contribution in [3.63, 3.8) is 0 Å². The van der Waals surface area contributed by atoms with Gasteiger partial charge in [-0.15, -0.1) is 0 Å². The lowest BCUT2D eigenvalue weighted by Gasteiger charge is -2.48. The van der Waals surface area contributed by atoms with Gasteiger partial charge in [-0.05, 0) is 73.5 Å². The molecular weight excluding hydrogens is 330 g/mol. The molecule has 3 rings (SSSR count). The first kappa shape index (κ1) is 19.1. The molecule has 0 spiro atoms. The van der Waals surface area contributed by atoms with Crippen molar-refractivity contribution in [3.05, 3.63) is 35.4 Å². The van der Waals surface area contributed by atoms with Gasteiger partial charge in [0.1, 0.15) is 0 Å². The molecule has 2 fully saturated rings. The Morgan fingerprint density at radius 2 is 1.64 bits per heavy atom. The highest BCUT2D eigenvalue weighted by Crippen LogP contribution is 2.54. The molecule has 140 valence electrons. The molecule has 0 heterocycles. The van der Waals surface area contributed by atoms with E-state index >= 15 is 0 Å². The van der Waals surface area contributed by atoms with Crippen LogP contribution in [0.3, 0.4) is 0 Å². The highest BCUT2D eigenvalue weighted by Gasteiger charge is 2.41. The Labute approximate surface area is 154 Å². The Morgan fingerprint density at radius 1 is 0.960 bits per heavy atom. The summed E-state index contributed by atoms with van der Waals surface area (Å²) in [5.74, 6) is -0.148. The first-order valence-corrected chi connectivity index (χ1v) is 12.3. The molecule has 0 amide bonds. The van der Waals surface area contributed by atoms with Gasteiger partial charge in [0.2, 0.25) is 0 Å². The number of benzene rings is 1. The van der Waals surface area contributed by atoms with Gasteiger partial charge < -0.3 is 0 Å². The van der Waals surface area contributed by atoms with E-state index in [1.54, 1.807) is 6.07 Å². The summed E-state index contributed by atoms with van der Waals surface area (Å²) >= 11 is 0. The number of hydrogen-bond acceptors (Lipinski definition) is 0. The van der Waals surface area contributed by atoms with Crippen LogP contribution >= 0.6 is 0 Å². The van der Waals surface area contributed by atoms with Crippen LogP contribution in [0.2, 0.25) is 11.6 Å². The molecule has 0 nitrogen and oxygen atoms in total. The van der Waals surface area contributed by atoms with E-state index in [0.29, 0.717) is 11.3 Å². The quantitative estimate of drug-likeness (QED) is 0.516. The van der Waals surface area contributed by atoms with E-state index in [0.717, 1.165) is 29.9 Å². The standard InChI is InChI=1S/C22H34F2Si/c1-3-22(13-11-19(12-14-22)25-4-2)18-8-5-16(6-9-18)17-7-10-20(23)21(24)15-17/h7,10,15-16,18-19H,3-6,8-9,11-14,25H2,1-2H3/t16?,18?,19-,22-. The van der Waals surface area contributed by atoms with Crippen LogP contribution in [0.25, 0.3) is 0 Å². The summed E-state index contributed by atoms with van der Waals surface area (Å²) in [6.45, 7) is 4.77. The second-order valence-corrected chi connectivity index (χ2v) is 11.4. The van der Waals surface area contributed by atoms with E-state index in [2.05, 4.69) is 13.8 Å². The number of hydrogen-bond donors (Lipinski definition) is 0. The maximum Gasteiger partial charge on any atom is 0.159 e. The number of halogens is 2. The molecule has 25 heavy (non-hydrogen) atoms. The Balaban J connectivity index is 1.60. The third-order valence-corrected chi connectivity index (χ3v) is 9.72. The molecule has 0 bridgehead atoms. The molecule has 3 heteroatoms. The van der Waals surface area contributed by atoms with Crippen LogP contribution in [0.4, 0.5) is 8.78 Å². The number of rotatable bonds is 5. The minimum Gasteiger partial charge on any atom is -0.204 e. The summed E-state index contributed by atoms with van der Waals surface area (Å²) in [6.07, 6.45) is 12.0. The minimum absolute atomic E-state index is 0.174. The zero-order valence-electron chi connectivity index (χ0n) is 16.0. The molecule has 0 aliphatic heterocycles. The highest BCUT2D eigenvalue weighted by atomic mass is 28.2. The lowest BCUT2D eigenvalue weighted by atomic mass is 9.59. The van der Waals surface area contributed by atoms with Crippen LogP contribution in [0.15, 0.2) is 18.2 Å². The predicted molar refractivity (Wildman–Crippen MR) is 105 cm³/mol. The first-order valence-electron chi connectivity index (χ1n) is 10.5. The maximum absolute atomic E-state index is 13.5. The van der Waals surface area contributed by atoms with Gasteiger partial charge in [0.25, 0.3) is 0 Å². The average Bonchev–Trinajstić information content (AvgIpc) is 2.65. The zero-order chi connectivity index (χ0) is 17.9. The van der Waals surface area contributed by atoms with Crippen molar-refractivity contribution in [3.8, 4) is 0 Å². The van der Waals surface area contributed by atoms with Crippen molar-refractivity contribution >= 4 is 9.52 Å². The van der Waals surface area contributed by atoms with Gasteiger partial charge in [-0.1, -0.05) is 50.8 Å². The van der Waals surface area contributed by atoms with Crippen LogP contribution in [0.1, 0.15) is 83.1 Å². The van der Waals surface area contributed by atoms with Gasteiger partial charge in [-0.3, -0.25) is 0 Å². The Bertz CT molecular complexity index is 555. The van der Waals surface area contributed by atoms with Crippen molar-refractivity contribution in [2.24, 2.45) is 11.3 Å². The molecule has 0 radical (unpaired) electrons. The summed E-state index contributed by atoms with van der Waals surface area (Å²) in [7, 11) is 0.174. The third kappa shape index (κ3) is 4.18. The smallest absolute Gasteiger partial charge is 0.159 e. The fourth-order valence-corrected chi connectivity index (χ4v) is 7.61. The van der Waals surface area contributed by atoms with Crippen molar-refractivity contribution in [2.45, 2.75) is 89.1 Å². The van der Waals surface area contributed by atoms with Gasteiger partial charge in [-0.25, -0.2) is 8.78 Å². The monoisotopic (exact) mass is 364 g/mol. The largest absolute Gasteiger partial charge is 0.204 e. The van der Waals surface area contributed by atoms with E-state index in [4.69, 9.17) is 0 Å². The first-order chi connectivity index (χ1) is 12.1. The fraction of sp³-hybridized carbons (Fsp3) is 0.727. The predicted octanol–water partition coefficient (Wildman–Crippen LogP) is 6.60. The summed E-state index contributed by atoms with van der Waals surface area (Å²) in [4.78, 5) is 0. The Morgan fingerprint density at radius 3 is 2.20 bits per heavy atom. The highest BCUT2D eigenvalue weighted by molar-refractivity contribution is 6.37. The van der Waals surface area contributed by atoms with Gasteiger partial charge >= 0.3 is 0 Å². The fourth-order valence-electron chi connectivity index (χ4n) is 5.81. The molecule has 1 aromatic rings. The SMILES string of the molecule is CC[SiH2][C@H]1CC[C@](CC)(C2CCC(c3ccc(F)c(F)c3)CC2)CC1. The van der Waals surface area contributed by atoms with Crippen molar-refractivity contribution in [2.75, 3.05) is 0 Å². The van der Waals surface area contributed by atoms with E-state index < -0.39 is 11.6 Å². The van der Waals surface area contributed by atoms with Crippen molar-refractivity contribution in [1.29, 1.82) is 0 Å². The molecule has 0 unspecified atom stereocenters. The molecule has 0 atom stereocenters. The molecule has 2 saturated carbocycles. The van der Waals surface area contributed by atoms with Gasteiger partial charge in [0, 0.05) is 9.52 Å². The molecule has 2 aliphatic rings. The van der Waals surface area contributed by atoms with Crippen molar-refractivity contribution < 1.29 is 8.78 Å². The second-order valence-electron chi connectivity index (χ2n) is 8.67. The van der Waals surface area contributed by atoms with Gasteiger partial charge in [0.15, 0.2) is 11.6 Å². The summed E-state index contributed by atoms with van der Waals surface area (Å²) in [5.41, 5.74) is 2.68. The summed E-state index contributed by atoms with van der Waals surface area (Å²) < 4.78 is 26.7. The Hall–Kier alpha value is -0.703. The third-order valence-electron chi connectivity index (χ3n) is 7.51. The summed E-state index contributed by atoms with van der Waals surface area (Å²) in [5, 5.41) is 0. The normalized spacial score (nSPS) is 33.8. The van der Waals surface area contributed by atoms with Crippen LogP contribution in [0, 0.1) is 23.0 Å². The Kier molecular flexibility index (Phi) is 6.35. The van der Waals surface area contributed by atoms with Crippen LogP contribution in [-0.4, -0.2) is 9.52 Å². The molecule has 1 aromatic carbocycles.